The summed E-state index contributed by atoms with van der Waals surface area (Å²) in [5.41, 5.74) is 0. The van der Waals surface area contributed by atoms with E-state index in [-0.39, 0.29) is 25.3 Å². The van der Waals surface area contributed by atoms with E-state index in [9.17, 15) is 4.39 Å². The average Bonchev–Trinajstić information content (AvgIpc) is 1.69. The first-order valence-electron chi connectivity index (χ1n) is 2.02. The Morgan fingerprint density at radius 2 is 2.12 bits per heavy atom. The van der Waals surface area contributed by atoms with Crippen LogP contribution in [0, 0.1) is 11.9 Å². The quantitative estimate of drug-likeness (QED) is 0.400. The molecule has 0 nitrogen and oxygen atoms in total. The third-order valence-corrected chi connectivity index (χ3v) is 0.671. The summed E-state index contributed by atoms with van der Waals surface area (Å²) >= 11 is 0. The van der Waals surface area contributed by atoms with Crippen LogP contribution in [0.25, 0.3) is 0 Å². The summed E-state index contributed by atoms with van der Waals surface area (Å²) < 4.78 is 11.9. The first-order valence-corrected chi connectivity index (χ1v) is 2.02. The van der Waals surface area contributed by atoms with Gasteiger partial charge in [-0.2, -0.15) is 18.2 Å². The molecule has 0 amide bonds. The van der Waals surface area contributed by atoms with Gasteiger partial charge in [-0.05, 0) is 0 Å². The van der Waals surface area contributed by atoms with E-state index in [2.05, 4.69) is 6.07 Å². The Kier molecular flexibility index (Phi) is 3.63. The van der Waals surface area contributed by atoms with E-state index >= 15 is 0 Å². The second-order valence-electron chi connectivity index (χ2n) is 1.21. The molecule has 8 heavy (non-hydrogen) atoms. The van der Waals surface area contributed by atoms with Crippen molar-refractivity contribution >= 4 is 0 Å². The minimum absolute atomic E-state index is 0. The predicted molar refractivity (Wildman–Crippen MR) is 25.2 cm³/mol. The SMILES string of the molecule is Fc1[c-]cccc1.[Zn]. The van der Waals surface area contributed by atoms with Gasteiger partial charge in [0, 0.05) is 25.3 Å². The van der Waals surface area contributed by atoms with Gasteiger partial charge in [-0.15, -0.1) is 12.1 Å². The normalized spacial score (nSPS) is 7.62. The molecule has 0 atom stereocenters. The molecule has 0 aromatic heterocycles. The molecule has 0 fully saturated rings. The van der Waals surface area contributed by atoms with Crippen LogP contribution in [0.4, 0.5) is 4.39 Å². The Morgan fingerprint density at radius 1 is 1.38 bits per heavy atom. The molecule has 0 N–H and O–H groups in total. The van der Waals surface area contributed by atoms with Crippen LogP contribution in [0.5, 0.6) is 0 Å². The van der Waals surface area contributed by atoms with Gasteiger partial charge in [0.2, 0.25) is 0 Å². The Labute approximate surface area is 60.5 Å². The van der Waals surface area contributed by atoms with Gasteiger partial charge >= 0.3 is 0 Å². The van der Waals surface area contributed by atoms with Crippen LogP contribution in [0.3, 0.4) is 0 Å². The van der Waals surface area contributed by atoms with Gasteiger partial charge in [-0.25, -0.2) is 4.39 Å². The zero-order valence-corrected chi connectivity index (χ0v) is 7.36. The molecule has 2 heteroatoms. The van der Waals surface area contributed by atoms with Crippen molar-refractivity contribution in [3.8, 4) is 0 Å². The minimum atomic E-state index is -0.303. The van der Waals surface area contributed by atoms with Crippen molar-refractivity contribution in [2.45, 2.75) is 0 Å². The maximum absolute atomic E-state index is 11.9. The molecule has 1 aromatic carbocycles. The van der Waals surface area contributed by atoms with Crippen LogP contribution in [0.15, 0.2) is 24.3 Å². The van der Waals surface area contributed by atoms with Crippen LogP contribution >= 0.6 is 0 Å². The van der Waals surface area contributed by atoms with E-state index in [1.807, 2.05) is 0 Å². The monoisotopic (exact) mass is 159 g/mol. The summed E-state index contributed by atoms with van der Waals surface area (Å²) in [6.45, 7) is 0. The van der Waals surface area contributed by atoms with Gasteiger partial charge in [-0.3, -0.25) is 0 Å². The Balaban J connectivity index is 0.000000490. The largest absolute Gasteiger partial charge is 0.236 e. The summed E-state index contributed by atoms with van der Waals surface area (Å²) in [4.78, 5) is 0. The van der Waals surface area contributed by atoms with Gasteiger partial charge in [0.1, 0.15) is 0 Å². The molecular formula is C6H4FZn-. The van der Waals surface area contributed by atoms with E-state index in [0.717, 1.165) is 0 Å². The molecule has 0 spiro atoms. The summed E-state index contributed by atoms with van der Waals surface area (Å²) in [5.74, 6) is -0.303. The van der Waals surface area contributed by atoms with Gasteiger partial charge in [0.25, 0.3) is 0 Å². The topological polar surface area (TPSA) is 0 Å². The summed E-state index contributed by atoms with van der Waals surface area (Å²) in [6, 6.07) is 8.62. The Bertz CT molecular complexity index is 138. The zero-order valence-electron chi connectivity index (χ0n) is 4.39. The van der Waals surface area contributed by atoms with Crippen molar-refractivity contribution in [3.63, 3.8) is 0 Å². The standard InChI is InChI=1S/C6H4F.Zn/c7-6-4-2-1-3-5-6;/h1-4H;/q-1;. The molecule has 0 aliphatic heterocycles. The number of hydrogen-bond donors (Lipinski definition) is 0. The summed E-state index contributed by atoms with van der Waals surface area (Å²) in [7, 11) is 0. The molecule has 0 aliphatic carbocycles. The third kappa shape index (κ3) is 2.18. The van der Waals surface area contributed by atoms with Crippen molar-refractivity contribution in [1.82, 2.24) is 0 Å². The first-order chi connectivity index (χ1) is 3.39. The molecule has 1 rings (SSSR count). The maximum atomic E-state index is 11.9. The van der Waals surface area contributed by atoms with E-state index in [4.69, 9.17) is 0 Å². The molecule has 0 unspecified atom stereocenters. The Morgan fingerprint density at radius 3 is 2.38 bits per heavy atom. The van der Waals surface area contributed by atoms with Crippen molar-refractivity contribution < 1.29 is 23.9 Å². The average molecular weight is 160 g/mol. The van der Waals surface area contributed by atoms with E-state index in [1.54, 1.807) is 12.1 Å². The second kappa shape index (κ2) is 3.74. The van der Waals surface area contributed by atoms with Crippen LogP contribution in [-0.2, 0) is 19.5 Å². The summed E-state index contributed by atoms with van der Waals surface area (Å²) in [6.07, 6.45) is 0. The molecule has 0 saturated heterocycles. The molecule has 38 valence electrons. The minimum Gasteiger partial charge on any atom is -0.236 e. The van der Waals surface area contributed by atoms with Crippen molar-refractivity contribution in [3.05, 3.63) is 36.1 Å². The number of benzene rings is 1. The van der Waals surface area contributed by atoms with Crippen LogP contribution in [-0.4, -0.2) is 0 Å². The molecule has 1 aromatic rings. The summed E-state index contributed by atoms with van der Waals surface area (Å²) in [5, 5.41) is 0. The van der Waals surface area contributed by atoms with Crippen LogP contribution < -0.4 is 0 Å². The first kappa shape index (κ1) is 7.77. The second-order valence-corrected chi connectivity index (χ2v) is 1.21. The van der Waals surface area contributed by atoms with E-state index < -0.39 is 0 Å². The van der Waals surface area contributed by atoms with E-state index in [1.165, 1.54) is 12.1 Å². The number of hydrogen-bond acceptors (Lipinski definition) is 0. The number of rotatable bonds is 0. The van der Waals surface area contributed by atoms with Crippen LogP contribution in [0.1, 0.15) is 0 Å². The predicted octanol–water partition coefficient (Wildman–Crippen LogP) is 1.62. The van der Waals surface area contributed by atoms with Gasteiger partial charge in [0.15, 0.2) is 0 Å². The molecule has 0 saturated carbocycles. The van der Waals surface area contributed by atoms with Crippen LogP contribution in [0.2, 0.25) is 0 Å². The molecular weight excluding hydrogens is 156 g/mol. The molecule has 0 bridgehead atoms. The molecule has 0 radical (unpaired) electrons. The third-order valence-electron chi connectivity index (χ3n) is 0.671. The van der Waals surface area contributed by atoms with E-state index in [0.29, 0.717) is 0 Å². The Hall–Kier alpha value is -0.227. The fourth-order valence-corrected chi connectivity index (χ4v) is 0.371. The zero-order chi connectivity index (χ0) is 5.11. The smallest absolute Gasteiger partial charge is 0.0108 e. The van der Waals surface area contributed by atoms with Crippen molar-refractivity contribution in [1.29, 1.82) is 0 Å². The molecule has 0 aliphatic rings. The fraction of sp³-hybridized carbons (Fsp3) is 0. The van der Waals surface area contributed by atoms with Crippen molar-refractivity contribution in [2.24, 2.45) is 0 Å². The van der Waals surface area contributed by atoms with Gasteiger partial charge in [0.05, 0.1) is 0 Å². The maximum Gasteiger partial charge on any atom is 0.0108 e. The molecule has 0 heterocycles. The number of halogens is 1. The fourth-order valence-electron chi connectivity index (χ4n) is 0.371. The van der Waals surface area contributed by atoms with Gasteiger partial charge in [-0.1, -0.05) is 0 Å². The van der Waals surface area contributed by atoms with Gasteiger partial charge < -0.3 is 0 Å². The van der Waals surface area contributed by atoms with Crippen molar-refractivity contribution in [2.75, 3.05) is 0 Å².